The minimum Gasteiger partial charge on any atom is -0.444 e. The molecule has 31 heavy (non-hydrogen) atoms. The third-order valence-corrected chi connectivity index (χ3v) is 4.56. The van der Waals surface area contributed by atoms with Crippen LogP contribution in [0.3, 0.4) is 0 Å². The number of amides is 1. The summed E-state index contributed by atoms with van der Waals surface area (Å²) in [4.78, 5) is 30.7. The van der Waals surface area contributed by atoms with Crippen LogP contribution in [-0.2, 0) is 25.6 Å². The Kier molecular flexibility index (Phi) is 9.13. The Bertz CT molecular complexity index is 704. The molecule has 1 N–H and O–H groups in total. The lowest BCUT2D eigenvalue weighted by molar-refractivity contribution is -0.165. The van der Waals surface area contributed by atoms with Crippen LogP contribution in [0, 0.1) is 5.92 Å². The second kappa shape index (κ2) is 11.3. The van der Waals surface area contributed by atoms with Gasteiger partial charge in [0.2, 0.25) is 0 Å². The van der Waals surface area contributed by atoms with Gasteiger partial charge in [-0.05, 0) is 45.6 Å². The molecule has 0 spiro atoms. The number of carbonyl (C=O) groups excluding carboxylic acids is 2. The summed E-state index contributed by atoms with van der Waals surface area (Å²) in [6, 6.07) is 9.47. The number of nitrogens with zero attached hydrogens (tertiary/aromatic N) is 1. The van der Waals surface area contributed by atoms with E-state index in [0.717, 1.165) is 5.56 Å². The molecular weight excluding hydrogens is 400 g/mol. The van der Waals surface area contributed by atoms with Crippen LogP contribution in [-0.4, -0.2) is 54.3 Å². The number of alkyl carbamates (subject to hydrolysis) is 1. The van der Waals surface area contributed by atoms with Crippen molar-refractivity contribution in [3.05, 3.63) is 35.9 Å². The summed E-state index contributed by atoms with van der Waals surface area (Å²) in [6.45, 7) is 12.4. The quantitative estimate of drug-likeness (QED) is 0.609. The van der Waals surface area contributed by atoms with Crippen LogP contribution in [0.15, 0.2) is 30.3 Å². The fourth-order valence-electron chi connectivity index (χ4n) is 3.43. The van der Waals surface area contributed by atoms with Crippen molar-refractivity contribution in [3.8, 4) is 0 Å². The monoisotopic (exact) mass is 436 g/mol. The standard InChI is InChI=1S/C23H36N2O6/c1-7-28-22(27)29-19-15-25(14-17-11-9-8-10-12-17)31-20(19)18(13-16(2)3)24-21(26)30-23(4,5)6/h8-12,16,18-20H,7,13-15H2,1-6H3,(H,24,26)/t18-,19?,20?/m0/s1. The molecule has 0 aliphatic carbocycles. The van der Waals surface area contributed by atoms with Gasteiger partial charge in [0.1, 0.15) is 11.7 Å². The lowest BCUT2D eigenvalue weighted by atomic mass is 9.96. The second-order valence-electron chi connectivity index (χ2n) is 9.10. The number of benzene rings is 1. The van der Waals surface area contributed by atoms with Crippen LogP contribution in [0.4, 0.5) is 9.59 Å². The van der Waals surface area contributed by atoms with Crippen molar-refractivity contribution in [1.29, 1.82) is 0 Å². The minimum absolute atomic E-state index is 0.219. The predicted molar refractivity (Wildman–Crippen MR) is 116 cm³/mol. The van der Waals surface area contributed by atoms with Gasteiger partial charge in [0, 0.05) is 6.54 Å². The van der Waals surface area contributed by atoms with Crippen LogP contribution in [0.2, 0.25) is 0 Å². The molecule has 1 aliphatic heterocycles. The molecule has 1 fully saturated rings. The fraction of sp³-hybridized carbons (Fsp3) is 0.652. The summed E-state index contributed by atoms with van der Waals surface area (Å²) < 4.78 is 16.0. The highest BCUT2D eigenvalue weighted by Gasteiger charge is 2.43. The first-order valence-corrected chi connectivity index (χ1v) is 10.9. The molecule has 3 atom stereocenters. The van der Waals surface area contributed by atoms with Crippen LogP contribution in [0.5, 0.6) is 0 Å². The molecule has 1 aromatic carbocycles. The highest BCUT2D eigenvalue weighted by Crippen LogP contribution is 2.26. The van der Waals surface area contributed by atoms with Crippen LogP contribution in [0.25, 0.3) is 0 Å². The van der Waals surface area contributed by atoms with E-state index in [-0.39, 0.29) is 12.5 Å². The van der Waals surface area contributed by atoms with Crippen molar-refractivity contribution in [2.45, 2.75) is 78.4 Å². The van der Waals surface area contributed by atoms with E-state index >= 15 is 0 Å². The number of hydrogen-bond acceptors (Lipinski definition) is 7. The smallest absolute Gasteiger partial charge is 0.444 e. The van der Waals surface area contributed by atoms with Gasteiger partial charge in [0.15, 0.2) is 6.10 Å². The van der Waals surface area contributed by atoms with Gasteiger partial charge in [-0.15, -0.1) is 0 Å². The summed E-state index contributed by atoms with van der Waals surface area (Å²) in [7, 11) is 0. The van der Waals surface area contributed by atoms with E-state index < -0.39 is 36.1 Å². The molecule has 1 aliphatic rings. The van der Waals surface area contributed by atoms with E-state index in [1.165, 1.54) is 0 Å². The molecule has 0 radical (unpaired) electrons. The molecule has 0 bridgehead atoms. The summed E-state index contributed by atoms with van der Waals surface area (Å²) in [6.07, 6.45) is -1.81. The first kappa shape index (κ1) is 24.9. The zero-order chi connectivity index (χ0) is 23.0. The zero-order valence-corrected chi connectivity index (χ0v) is 19.4. The Morgan fingerprint density at radius 3 is 2.48 bits per heavy atom. The Morgan fingerprint density at radius 2 is 1.90 bits per heavy atom. The van der Waals surface area contributed by atoms with Crippen molar-refractivity contribution < 1.29 is 28.6 Å². The normalized spacial score (nSPS) is 20.4. The van der Waals surface area contributed by atoms with Crippen molar-refractivity contribution in [2.75, 3.05) is 13.2 Å². The first-order valence-electron chi connectivity index (χ1n) is 10.9. The Balaban J connectivity index is 2.18. The summed E-state index contributed by atoms with van der Waals surface area (Å²) >= 11 is 0. The van der Waals surface area contributed by atoms with Crippen LogP contribution in [0.1, 0.15) is 53.5 Å². The van der Waals surface area contributed by atoms with E-state index in [0.29, 0.717) is 19.5 Å². The number of carbonyl (C=O) groups is 2. The molecule has 1 heterocycles. The largest absolute Gasteiger partial charge is 0.508 e. The van der Waals surface area contributed by atoms with Crippen molar-refractivity contribution in [1.82, 2.24) is 10.4 Å². The summed E-state index contributed by atoms with van der Waals surface area (Å²) in [5.41, 5.74) is 0.446. The predicted octanol–water partition coefficient (Wildman–Crippen LogP) is 4.28. The molecular formula is C23H36N2O6. The van der Waals surface area contributed by atoms with E-state index in [2.05, 4.69) is 19.2 Å². The van der Waals surface area contributed by atoms with Crippen molar-refractivity contribution in [3.63, 3.8) is 0 Å². The zero-order valence-electron chi connectivity index (χ0n) is 19.4. The molecule has 0 saturated carbocycles. The van der Waals surface area contributed by atoms with Crippen molar-refractivity contribution in [2.24, 2.45) is 5.92 Å². The van der Waals surface area contributed by atoms with Gasteiger partial charge in [-0.2, -0.15) is 5.06 Å². The molecule has 174 valence electrons. The highest BCUT2D eigenvalue weighted by atomic mass is 16.8. The molecule has 2 rings (SSSR count). The van der Waals surface area contributed by atoms with Gasteiger partial charge in [-0.1, -0.05) is 44.2 Å². The topological polar surface area (TPSA) is 86.3 Å². The molecule has 1 amide bonds. The fourth-order valence-corrected chi connectivity index (χ4v) is 3.43. The van der Waals surface area contributed by atoms with Crippen LogP contribution < -0.4 is 5.32 Å². The Labute approximate surface area is 185 Å². The van der Waals surface area contributed by atoms with E-state index in [9.17, 15) is 9.59 Å². The molecule has 2 unspecified atom stereocenters. The molecule has 0 aromatic heterocycles. The van der Waals surface area contributed by atoms with Gasteiger partial charge in [0.05, 0.1) is 19.2 Å². The SMILES string of the molecule is CCOC(=O)OC1CN(Cc2ccccc2)OC1[C@H](CC(C)C)NC(=O)OC(C)(C)C. The molecule has 1 saturated heterocycles. The third-order valence-electron chi connectivity index (χ3n) is 4.56. The average Bonchev–Trinajstić information content (AvgIpc) is 3.02. The minimum atomic E-state index is -0.747. The number of rotatable bonds is 8. The van der Waals surface area contributed by atoms with Gasteiger partial charge in [-0.25, -0.2) is 9.59 Å². The van der Waals surface area contributed by atoms with Gasteiger partial charge < -0.3 is 19.5 Å². The Morgan fingerprint density at radius 1 is 1.23 bits per heavy atom. The number of ether oxygens (including phenoxy) is 3. The molecule has 1 aromatic rings. The summed E-state index contributed by atoms with van der Waals surface area (Å²) in [5.74, 6) is 0.273. The van der Waals surface area contributed by atoms with Gasteiger partial charge >= 0.3 is 12.2 Å². The highest BCUT2D eigenvalue weighted by molar-refractivity contribution is 5.68. The van der Waals surface area contributed by atoms with E-state index in [1.807, 2.05) is 51.1 Å². The molecule has 8 nitrogen and oxygen atoms in total. The van der Waals surface area contributed by atoms with Crippen LogP contribution >= 0.6 is 0 Å². The number of hydrogen-bond donors (Lipinski definition) is 1. The maximum absolute atomic E-state index is 12.5. The Hall–Kier alpha value is -2.32. The number of hydroxylamine groups is 2. The van der Waals surface area contributed by atoms with E-state index in [4.69, 9.17) is 19.0 Å². The second-order valence-corrected chi connectivity index (χ2v) is 9.10. The first-order chi connectivity index (χ1) is 14.6. The van der Waals surface area contributed by atoms with E-state index in [1.54, 1.807) is 12.0 Å². The van der Waals surface area contributed by atoms with Gasteiger partial charge in [-0.3, -0.25) is 4.84 Å². The lowest BCUT2D eigenvalue weighted by Gasteiger charge is -2.30. The summed E-state index contributed by atoms with van der Waals surface area (Å²) in [5, 5.41) is 4.68. The number of nitrogens with one attached hydrogen (secondary N) is 1. The maximum Gasteiger partial charge on any atom is 0.508 e. The third kappa shape index (κ3) is 8.75. The molecule has 8 heteroatoms. The lowest BCUT2D eigenvalue weighted by Crippen LogP contribution is -2.50. The van der Waals surface area contributed by atoms with Gasteiger partial charge in [0.25, 0.3) is 0 Å². The maximum atomic E-state index is 12.5. The average molecular weight is 437 g/mol. The van der Waals surface area contributed by atoms with Crippen molar-refractivity contribution >= 4 is 12.2 Å².